The Morgan fingerprint density at radius 1 is 1.12 bits per heavy atom. The molecule has 2 aromatic rings. The zero-order chi connectivity index (χ0) is 40.4. The van der Waals surface area contributed by atoms with E-state index < -0.39 is 79.7 Å². The summed E-state index contributed by atoms with van der Waals surface area (Å²) in [6.45, 7) is 6.26. The molecule has 5 unspecified atom stereocenters. The van der Waals surface area contributed by atoms with Crippen LogP contribution in [0.3, 0.4) is 0 Å². The number of carbonyl (C=O) groups excluding carboxylic acids is 4. The summed E-state index contributed by atoms with van der Waals surface area (Å²) in [5.74, 6) is -4.99. The molecule has 1 saturated heterocycles. The van der Waals surface area contributed by atoms with Crippen molar-refractivity contribution in [3.63, 3.8) is 0 Å². The number of benzene rings is 1. The first kappa shape index (κ1) is 40.7. The first-order chi connectivity index (χ1) is 26.6. The number of amides is 4. The van der Waals surface area contributed by atoms with Gasteiger partial charge >= 0.3 is 0 Å². The maximum absolute atomic E-state index is 14.8. The largest absolute Gasteiger partial charge is 0.471 e. The summed E-state index contributed by atoms with van der Waals surface area (Å²) >= 11 is 0. The molecule has 0 radical (unpaired) electrons. The van der Waals surface area contributed by atoms with Crippen LogP contribution in [0.5, 0.6) is 5.88 Å². The Hall–Kier alpha value is -4.99. The molecule has 3 heterocycles. The minimum Gasteiger partial charge on any atom is -0.471 e. The second-order valence-electron chi connectivity index (χ2n) is 15.1. The molecule has 1 aromatic heterocycles. The fraction of sp³-hybridized carbons (Fsp3) is 0.500. The Balaban J connectivity index is 1.35. The minimum absolute atomic E-state index is 0.0616. The number of aryl methyl sites for hydroxylation is 1. The highest BCUT2D eigenvalue weighted by molar-refractivity contribution is 7.91. The van der Waals surface area contributed by atoms with Crippen LogP contribution in [0, 0.1) is 18.7 Å². The molecule has 1 saturated carbocycles. The van der Waals surface area contributed by atoms with Crippen molar-refractivity contribution in [3.05, 3.63) is 77.6 Å². The molecule has 300 valence electrons. The Labute approximate surface area is 325 Å². The van der Waals surface area contributed by atoms with Crippen molar-refractivity contribution in [2.45, 2.75) is 114 Å². The van der Waals surface area contributed by atoms with Gasteiger partial charge in [-0.25, -0.2) is 27.2 Å². The van der Waals surface area contributed by atoms with Crippen LogP contribution in [0.25, 0.3) is 11.0 Å². The van der Waals surface area contributed by atoms with E-state index in [1.807, 2.05) is 6.08 Å². The molecular formula is C40H48F2N6O7S. The highest BCUT2D eigenvalue weighted by Crippen LogP contribution is 2.43. The number of fused-ring (bicyclic) bond motifs is 3. The summed E-state index contributed by atoms with van der Waals surface area (Å²) in [7, 11) is -4.08. The summed E-state index contributed by atoms with van der Waals surface area (Å²) in [6.07, 6.45) is 12.2. The SMILES string of the molecule is CC=C(F)C(=CCC)C(=O)NC1CCCCCC=CC2C=CC2(C(=O)NS(=O)(=O)C2(C)CC2)NC(=O)C2CC(Oc3nc4cc(F)ccc4nc3C)CN2C1=O. The zero-order valence-electron chi connectivity index (χ0n) is 31.9. The number of nitrogens with one attached hydrogen (secondary N) is 3. The van der Waals surface area contributed by atoms with E-state index in [4.69, 9.17) is 4.74 Å². The Morgan fingerprint density at radius 3 is 2.57 bits per heavy atom. The number of allylic oxidation sites excluding steroid dienone is 3. The Bertz CT molecular complexity index is 2150. The maximum Gasteiger partial charge on any atom is 0.264 e. The number of aromatic nitrogens is 2. The lowest BCUT2D eigenvalue weighted by Crippen LogP contribution is -2.67. The molecule has 13 nitrogen and oxygen atoms in total. The quantitative estimate of drug-likeness (QED) is 0.185. The molecule has 1 aromatic carbocycles. The Morgan fingerprint density at radius 2 is 1.89 bits per heavy atom. The lowest BCUT2D eigenvalue weighted by molar-refractivity contribution is -0.143. The molecule has 0 bridgehead atoms. The van der Waals surface area contributed by atoms with Crippen molar-refractivity contribution in [2.75, 3.05) is 6.54 Å². The van der Waals surface area contributed by atoms with Crippen LogP contribution in [0.4, 0.5) is 8.78 Å². The molecule has 0 spiro atoms. The van der Waals surface area contributed by atoms with Crippen molar-refractivity contribution >= 4 is 44.7 Å². The van der Waals surface area contributed by atoms with Crippen LogP contribution >= 0.6 is 0 Å². The van der Waals surface area contributed by atoms with Gasteiger partial charge in [0.2, 0.25) is 27.7 Å². The average molecular weight is 795 g/mol. The summed E-state index contributed by atoms with van der Waals surface area (Å²) in [5.41, 5.74) is -0.952. The number of ether oxygens (including phenoxy) is 1. The fourth-order valence-electron chi connectivity index (χ4n) is 7.21. The van der Waals surface area contributed by atoms with Crippen LogP contribution in [-0.2, 0) is 29.2 Å². The van der Waals surface area contributed by atoms with Crippen molar-refractivity contribution in [1.82, 2.24) is 30.2 Å². The lowest BCUT2D eigenvalue weighted by Gasteiger charge is -2.42. The molecule has 3 N–H and O–H groups in total. The van der Waals surface area contributed by atoms with Crippen LogP contribution in [0.2, 0.25) is 0 Å². The highest BCUT2D eigenvalue weighted by atomic mass is 32.2. The van der Waals surface area contributed by atoms with Crippen LogP contribution in [0.1, 0.15) is 84.3 Å². The van der Waals surface area contributed by atoms with E-state index in [1.165, 1.54) is 42.2 Å². The predicted octanol–water partition coefficient (Wildman–Crippen LogP) is 4.68. The van der Waals surface area contributed by atoms with Crippen LogP contribution < -0.4 is 20.1 Å². The average Bonchev–Trinajstić information content (AvgIpc) is 3.78. The minimum atomic E-state index is -4.08. The van der Waals surface area contributed by atoms with Gasteiger partial charge in [0.05, 0.1) is 27.9 Å². The molecule has 4 aliphatic rings. The van der Waals surface area contributed by atoms with Gasteiger partial charge in [-0.15, -0.1) is 0 Å². The number of rotatable bonds is 9. The number of carbonyl (C=O) groups is 4. The topological polar surface area (TPSA) is 177 Å². The van der Waals surface area contributed by atoms with Gasteiger partial charge in [0.1, 0.15) is 41.1 Å². The van der Waals surface area contributed by atoms with Crippen molar-refractivity contribution < 1.29 is 41.1 Å². The maximum atomic E-state index is 14.8. The standard InChI is InChI=1S/C40H48F2N6O7S/c1-5-12-28(29(42)6-2)34(49)44-31-14-11-9-7-8-10-13-25-17-18-40(25,38(52)47-56(53,54)39(4)19-20-39)46-35(50)33-22-27(23-48(33)37(31)51)55-36-24(3)43-30-16-15-26(41)21-32(30)45-36/h6,10,12-13,15-18,21,25,27,31,33H,5,7-9,11,14,19-20,22-23H2,1-4H3,(H,44,49)(H,46,50)(H,47,52). The number of sulfonamides is 1. The smallest absolute Gasteiger partial charge is 0.264 e. The van der Waals surface area contributed by atoms with Crippen LogP contribution in [-0.4, -0.2) is 81.9 Å². The van der Waals surface area contributed by atoms with E-state index in [0.29, 0.717) is 56.2 Å². The van der Waals surface area contributed by atoms with E-state index in [9.17, 15) is 36.4 Å². The van der Waals surface area contributed by atoms with Gasteiger partial charge < -0.3 is 20.3 Å². The fourth-order valence-corrected chi connectivity index (χ4v) is 8.51. The van der Waals surface area contributed by atoms with Gasteiger partial charge in [-0.2, -0.15) is 0 Å². The number of nitrogens with zero attached hydrogens (tertiary/aromatic N) is 3. The van der Waals surface area contributed by atoms with Crippen molar-refractivity contribution in [3.8, 4) is 5.88 Å². The molecule has 2 aliphatic carbocycles. The summed E-state index contributed by atoms with van der Waals surface area (Å²) in [4.78, 5) is 66.8. The second-order valence-corrected chi connectivity index (χ2v) is 17.3. The van der Waals surface area contributed by atoms with Gasteiger partial charge in [0, 0.05) is 18.4 Å². The van der Waals surface area contributed by atoms with Crippen molar-refractivity contribution in [1.29, 1.82) is 0 Å². The summed E-state index contributed by atoms with van der Waals surface area (Å²) in [6, 6.07) is 1.54. The van der Waals surface area contributed by atoms with E-state index in [-0.39, 0.29) is 36.4 Å². The normalized spacial score (nSPS) is 26.9. The molecular weight excluding hydrogens is 747 g/mol. The summed E-state index contributed by atoms with van der Waals surface area (Å²) < 4.78 is 62.7. The molecule has 2 fully saturated rings. The zero-order valence-corrected chi connectivity index (χ0v) is 32.8. The third-order valence-corrected chi connectivity index (χ3v) is 13.1. The van der Waals surface area contributed by atoms with Gasteiger partial charge in [-0.3, -0.25) is 23.9 Å². The number of hydrogen-bond donors (Lipinski definition) is 3. The van der Waals surface area contributed by atoms with Gasteiger partial charge in [0.15, 0.2) is 0 Å². The highest BCUT2D eigenvalue weighted by Gasteiger charge is 2.56. The lowest BCUT2D eigenvalue weighted by atomic mass is 9.73. The molecule has 56 heavy (non-hydrogen) atoms. The first-order valence-corrected chi connectivity index (χ1v) is 20.6. The number of halogens is 2. The van der Waals surface area contributed by atoms with Gasteiger partial charge in [0.25, 0.3) is 11.8 Å². The molecule has 6 rings (SSSR count). The van der Waals surface area contributed by atoms with E-state index in [2.05, 4.69) is 25.3 Å². The molecule has 5 atom stereocenters. The van der Waals surface area contributed by atoms with Crippen LogP contribution in [0.15, 0.2) is 66.1 Å². The predicted molar refractivity (Wildman–Crippen MR) is 204 cm³/mol. The molecule has 2 aliphatic heterocycles. The first-order valence-electron chi connectivity index (χ1n) is 19.1. The van der Waals surface area contributed by atoms with E-state index in [1.54, 1.807) is 32.9 Å². The van der Waals surface area contributed by atoms with Gasteiger partial charge in [-0.05, 0) is 71.4 Å². The number of hydrogen-bond acceptors (Lipinski definition) is 9. The Kier molecular flexibility index (Phi) is 11.8. The third kappa shape index (κ3) is 8.25. The van der Waals surface area contributed by atoms with Crippen molar-refractivity contribution in [2.24, 2.45) is 5.92 Å². The van der Waals surface area contributed by atoms with E-state index >= 15 is 0 Å². The summed E-state index contributed by atoms with van der Waals surface area (Å²) in [5, 5.41) is 5.52. The van der Waals surface area contributed by atoms with Gasteiger partial charge in [-0.1, -0.05) is 56.2 Å². The molecule has 16 heteroatoms. The molecule has 4 amide bonds. The van der Waals surface area contributed by atoms with E-state index in [0.717, 1.165) is 6.08 Å². The third-order valence-electron chi connectivity index (χ3n) is 11.0. The second kappa shape index (κ2) is 16.2. The monoisotopic (exact) mass is 794 g/mol.